The molecule has 0 aromatic carbocycles. The first-order chi connectivity index (χ1) is 6.68. The molecule has 14 heavy (non-hydrogen) atoms. The maximum atomic E-state index is 10.6. The van der Waals surface area contributed by atoms with E-state index in [1.165, 1.54) is 19.3 Å². The van der Waals surface area contributed by atoms with Gasteiger partial charge in [0.25, 0.3) is 0 Å². The van der Waals surface area contributed by atoms with Gasteiger partial charge in [-0.25, -0.2) is 0 Å². The summed E-state index contributed by atoms with van der Waals surface area (Å²) in [6.45, 7) is 4.14. The molecule has 2 aliphatic rings. The van der Waals surface area contributed by atoms with Crippen LogP contribution < -0.4 is 0 Å². The van der Waals surface area contributed by atoms with Crippen molar-refractivity contribution in [3.05, 3.63) is 0 Å². The van der Waals surface area contributed by atoms with Gasteiger partial charge in [0, 0.05) is 0 Å². The third kappa shape index (κ3) is 1.31. The van der Waals surface area contributed by atoms with Crippen molar-refractivity contribution in [1.82, 2.24) is 0 Å². The average molecular weight is 198 g/mol. The predicted molar refractivity (Wildman–Crippen MR) is 56.2 cm³/mol. The number of rotatable bonds is 3. The van der Waals surface area contributed by atoms with E-state index in [-0.39, 0.29) is 5.60 Å². The van der Waals surface area contributed by atoms with Crippen molar-refractivity contribution in [3.63, 3.8) is 0 Å². The van der Waals surface area contributed by atoms with E-state index in [0.29, 0.717) is 6.10 Å². The summed E-state index contributed by atoms with van der Waals surface area (Å²) in [4.78, 5) is 0. The van der Waals surface area contributed by atoms with Gasteiger partial charge >= 0.3 is 0 Å². The zero-order valence-electron chi connectivity index (χ0n) is 9.38. The van der Waals surface area contributed by atoms with Gasteiger partial charge in [0.15, 0.2) is 0 Å². The van der Waals surface area contributed by atoms with E-state index in [1.807, 2.05) is 0 Å². The van der Waals surface area contributed by atoms with Gasteiger partial charge in [-0.2, -0.15) is 0 Å². The van der Waals surface area contributed by atoms with Gasteiger partial charge in [-0.05, 0) is 25.7 Å². The summed E-state index contributed by atoms with van der Waals surface area (Å²) in [5.41, 5.74) is -0.727. The Kier molecular flexibility index (Phi) is 2.61. The summed E-state index contributed by atoms with van der Waals surface area (Å²) in [5, 5.41) is 10.6. The van der Waals surface area contributed by atoms with Crippen LogP contribution in [0.4, 0.5) is 0 Å². The molecule has 2 rings (SSSR count). The van der Waals surface area contributed by atoms with E-state index in [1.54, 1.807) is 0 Å². The Hall–Kier alpha value is -0.0800. The maximum absolute atomic E-state index is 10.6. The molecule has 1 saturated carbocycles. The van der Waals surface area contributed by atoms with Crippen LogP contribution in [0.25, 0.3) is 0 Å². The Labute approximate surface area is 86.6 Å². The molecule has 0 radical (unpaired) electrons. The molecule has 0 unspecified atom stereocenters. The van der Waals surface area contributed by atoms with E-state index in [9.17, 15) is 5.11 Å². The second kappa shape index (κ2) is 3.49. The molecule has 0 bridgehead atoms. The van der Waals surface area contributed by atoms with Crippen LogP contribution in [-0.4, -0.2) is 22.4 Å². The normalized spacial score (nSPS) is 37.5. The molecule has 2 nitrogen and oxygen atoms in total. The van der Waals surface area contributed by atoms with Crippen LogP contribution in [0.5, 0.6) is 0 Å². The SMILES string of the molecule is CCC(O)(CC)[C@@]12CCCCC[C@@H]1O2. The fourth-order valence-electron chi connectivity index (χ4n) is 3.12. The largest absolute Gasteiger partial charge is 0.387 e. The molecule has 1 aliphatic heterocycles. The lowest BCUT2D eigenvalue weighted by atomic mass is 9.78. The standard InChI is InChI=1S/C12H22O2/c1-3-11(13,4-2)12-9-7-5-6-8-10(12)14-12/h10,13H,3-9H2,1-2H3/t10-,12+/m0/s1. The summed E-state index contributed by atoms with van der Waals surface area (Å²) in [6, 6.07) is 0. The van der Waals surface area contributed by atoms with Gasteiger partial charge in [0.1, 0.15) is 5.60 Å². The number of hydrogen-bond acceptors (Lipinski definition) is 2. The molecule has 1 heterocycles. The minimum Gasteiger partial charge on any atom is -0.387 e. The van der Waals surface area contributed by atoms with Gasteiger partial charge in [-0.15, -0.1) is 0 Å². The molecule has 2 heteroatoms. The molecular weight excluding hydrogens is 176 g/mol. The molecule has 0 spiro atoms. The number of epoxide rings is 1. The number of ether oxygens (including phenoxy) is 1. The lowest BCUT2D eigenvalue weighted by Crippen LogP contribution is -2.45. The van der Waals surface area contributed by atoms with Crippen molar-refractivity contribution in [2.75, 3.05) is 0 Å². The zero-order chi connectivity index (χ0) is 10.2. The lowest BCUT2D eigenvalue weighted by Gasteiger charge is -2.32. The van der Waals surface area contributed by atoms with E-state index < -0.39 is 5.60 Å². The molecule has 2 atom stereocenters. The minimum absolute atomic E-state index is 0.160. The van der Waals surface area contributed by atoms with Crippen LogP contribution in [0, 0.1) is 0 Å². The highest BCUT2D eigenvalue weighted by Crippen LogP contribution is 2.55. The summed E-state index contributed by atoms with van der Waals surface area (Å²) in [7, 11) is 0. The highest BCUT2D eigenvalue weighted by Gasteiger charge is 2.66. The van der Waals surface area contributed by atoms with Crippen LogP contribution in [0.1, 0.15) is 58.8 Å². The molecule has 1 N–H and O–H groups in total. The van der Waals surface area contributed by atoms with Gasteiger partial charge in [0.2, 0.25) is 0 Å². The summed E-state index contributed by atoms with van der Waals surface area (Å²) in [5.74, 6) is 0. The topological polar surface area (TPSA) is 32.8 Å². The second-order valence-corrected chi connectivity index (χ2v) is 4.83. The Balaban J connectivity index is 2.15. The molecule has 0 aromatic rings. The molecule has 0 aromatic heterocycles. The van der Waals surface area contributed by atoms with Crippen LogP contribution in [-0.2, 0) is 4.74 Å². The Morgan fingerprint density at radius 3 is 2.64 bits per heavy atom. The van der Waals surface area contributed by atoms with Gasteiger partial charge in [-0.1, -0.05) is 33.1 Å². The fourth-order valence-corrected chi connectivity index (χ4v) is 3.12. The lowest BCUT2D eigenvalue weighted by molar-refractivity contribution is -0.0484. The van der Waals surface area contributed by atoms with Crippen LogP contribution >= 0.6 is 0 Å². The van der Waals surface area contributed by atoms with E-state index in [4.69, 9.17) is 4.74 Å². The van der Waals surface area contributed by atoms with Crippen molar-refractivity contribution in [1.29, 1.82) is 0 Å². The molecular formula is C12H22O2. The van der Waals surface area contributed by atoms with Crippen LogP contribution in [0.15, 0.2) is 0 Å². The van der Waals surface area contributed by atoms with Crippen molar-refractivity contribution >= 4 is 0 Å². The number of fused-ring (bicyclic) bond motifs is 1. The minimum atomic E-state index is -0.567. The monoisotopic (exact) mass is 198 g/mol. The Morgan fingerprint density at radius 1 is 1.29 bits per heavy atom. The van der Waals surface area contributed by atoms with Crippen molar-refractivity contribution in [2.24, 2.45) is 0 Å². The Morgan fingerprint density at radius 2 is 2.00 bits per heavy atom. The first-order valence-electron chi connectivity index (χ1n) is 6.09. The van der Waals surface area contributed by atoms with Crippen LogP contribution in [0.2, 0.25) is 0 Å². The Bertz CT molecular complexity index is 210. The highest BCUT2D eigenvalue weighted by molar-refractivity contribution is 5.15. The zero-order valence-corrected chi connectivity index (χ0v) is 9.38. The van der Waals surface area contributed by atoms with Gasteiger partial charge in [-0.3, -0.25) is 0 Å². The molecule has 1 aliphatic carbocycles. The quantitative estimate of drug-likeness (QED) is 0.707. The molecule has 0 amide bonds. The molecule has 2 fully saturated rings. The van der Waals surface area contributed by atoms with Crippen molar-refractivity contribution in [3.8, 4) is 0 Å². The third-order valence-corrected chi connectivity index (χ3v) is 4.29. The van der Waals surface area contributed by atoms with Gasteiger partial charge in [0.05, 0.1) is 11.7 Å². The summed E-state index contributed by atoms with van der Waals surface area (Å²) in [6.07, 6.45) is 8.02. The summed E-state index contributed by atoms with van der Waals surface area (Å²) >= 11 is 0. The van der Waals surface area contributed by atoms with Crippen molar-refractivity contribution < 1.29 is 9.84 Å². The van der Waals surface area contributed by atoms with Crippen molar-refractivity contribution in [2.45, 2.75) is 76.1 Å². The van der Waals surface area contributed by atoms with E-state index >= 15 is 0 Å². The predicted octanol–water partition coefficient (Wildman–Crippen LogP) is 2.64. The smallest absolute Gasteiger partial charge is 0.123 e. The van der Waals surface area contributed by atoms with Crippen LogP contribution in [0.3, 0.4) is 0 Å². The van der Waals surface area contributed by atoms with Gasteiger partial charge < -0.3 is 9.84 Å². The fraction of sp³-hybridized carbons (Fsp3) is 1.00. The highest BCUT2D eigenvalue weighted by atomic mass is 16.6. The number of aliphatic hydroxyl groups is 1. The first-order valence-corrected chi connectivity index (χ1v) is 6.09. The van der Waals surface area contributed by atoms with E-state index in [0.717, 1.165) is 25.7 Å². The molecule has 82 valence electrons. The third-order valence-electron chi connectivity index (χ3n) is 4.29. The average Bonchev–Trinajstić information content (AvgIpc) is 2.91. The second-order valence-electron chi connectivity index (χ2n) is 4.83. The summed E-state index contributed by atoms with van der Waals surface area (Å²) < 4.78 is 5.84. The number of hydrogen-bond donors (Lipinski definition) is 1. The first kappa shape index (κ1) is 10.4. The molecule has 1 saturated heterocycles. The maximum Gasteiger partial charge on any atom is 0.123 e. The van der Waals surface area contributed by atoms with E-state index in [2.05, 4.69) is 13.8 Å².